The highest BCUT2D eigenvalue weighted by molar-refractivity contribution is 5.94. The average Bonchev–Trinajstić information content (AvgIpc) is 3.59. The fourth-order valence-electron chi connectivity index (χ4n) is 5.65. The number of rotatable bonds is 11. The molecule has 1 fully saturated rings. The van der Waals surface area contributed by atoms with Crippen molar-refractivity contribution in [1.29, 1.82) is 0 Å². The van der Waals surface area contributed by atoms with Crippen molar-refractivity contribution in [2.45, 2.75) is 56.0 Å². The number of fused-ring (bicyclic) bond motifs is 2. The molecule has 47 heavy (non-hydrogen) atoms. The number of ether oxygens (including phenoxy) is 4. The second kappa shape index (κ2) is 14.5. The van der Waals surface area contributed by atoms with E-state index in [2.05, 4.69) is 15.4 Å². The van der Waals surface area contributed by atoms with Gasteiger partial charge in [0.2, 0.25) is 11.8 Å². The van der Waals surface area contributed by atoms with E-state index < -0.39 is 54.7 Å². The van der Waals surface area contributed by atoms with Crippen LogP contribution in [0.25, 0.3) is 6.08 Å². The van der Waals surface area contributed by atoms with Gasteiger partial charge in [-0.15, -0.1) is 0 Å². The summed E-state index contributed by atoms with van der Waals surface area (Å²) in [6, 6.07) is 13.6. The minimum atomic E-state index is -4.64. The first-order valence-corrected chi connectivity index (χ1v) is 15.0. The third-order valence-corrected chi connectivity index (χ3v) is 7.77. The summed E-state index contributed by atoms with van der Waals surface area (Å²) in [7, 11) is 0. The topological polar surface area (TPSA) is 149 Å². The Kier molecular flexibility index (Phi) is 10.4. The highest BCUT2D eigenvalue weighted by Gasteiger charge is 2.55. The fraction of sp³-hybridized carbons (Fsp3) is 0.394. The molecule has 0 bridgehead atoms. The molecule has 2 amide bonds. The lowest BCUT2D eigenvalue weighted by molar-refractivity contribution is -0.182. The molecule has 2 aromatic carbocycles. The monoisotopic (exact) mass is 658 g/mol. The van der Waals surface area contributed by atoms with Crippen molar-refractivity contribution in [1.82, 2.24) is 10.6 Å². The Morgan fingerprint density at radius 2 is 1.68 bits per heavy atom. The summed E-state index contributed by atoms with van der Waals surface area (Å²) in [4.78, 5) is 49.8. The molecule has 1 saturated heterocycles. The molecule has 1 heterocycles. The number of carbonyl (C=O) groups excluding carboxylic acids is 4. The molecule has 5 rings (SSSR count). The van der Waals surface area contributed by atoms with E-state index in [0.29, 0.717) is 24.0 Å². The Morgan fingerprint density at radius 1 is 0.979 bits per heavy atom. The first kappa shape index (κ1) is 33.8. The molecule has 14 heteroatoms. The van der Waals surface area contributed by atoms with Crippen LogP contribution in [0.15, 0.2) is 66.3 Å². The maximum atomic E-state index is 13.3. The molecule has 3 N–H and O–H groups in total. The molecular formula is C33H33F3N2O9. The van der Waals surface area contributed by atoms with Gasteiger partial charge in [0.05, 0.1) is 12.2 Å². The van der Waals surface area contributed by atoms with E-state index in [0.717, 1.165) is 17.2 Å². The zero-order valence-corrected chi connectivity index (χ0v) is 25.1. The van der Waals surface area contributed by atoms with Crippen LogP contribution in [0.1, 0.15) is 39.9 Å². The summed E-state index contributed by atoms with van der Waals surface area (Å²) in [6.45, 7) is -1.75. The van der Waals surface area contributed by atoms with Crippen molar-refractivity contribution in [3.63, 3.8) is 0 Å². The summed E-state index contributed by atoms with van der Waals surface area (Å²) in [6.07, 6.45) is -2.22. The van der Waals surface area contributed by atoms with E-state index in [1.807, 2.05) is 24.3 Å². The maximum absolute atomic E-state index is 13.3. The van der Waals surface area contributed by atoms with Crippen LogP contribution >= 0.6 is 0 Å². The van der Waals surface area contributed by atoms with Gasteiger partial charge in [-0.2, -0.15) is 13.2 Å². The molecule has 0 unspecified atom stereocenters. The van der Waals surface area contributed by atoms with Crippen molar-refractivity contribution >= 4 is 29.8 Å². The van der Waals surface area contributed by atoms with Crippen molar-refractivity contribution in [2.24, 2.45) is 0 Å². The number of carbonyl (C=O) groups is 4. The van der Waals surface area contributed by atoms with Gasteiger partial charge in [-0.3, -0.25) is 9.59 Å². The number of halogens is 3. The van der Waals surface area contributed by atoms with E-state index in [9.17, 15) is 32.3 Å². The van der Waals surface area contributed by atoms with Crippen LogP contribution in [-0.2, 0) is 46.2 Å². The first-order chi connectivity index (χ1) is 22.4. The van der Waals surface area contributed by atoms with Crippen LogP contribution in [-0.4, -0.2) is 85.4 Å². The van der Waals surface area contributed by atoms with Crippen LogP contribution in [0.5, 0.6) is 0 Å². The summed E-state index contributed by atoms with van der Waals surface area (Å²) in [5.41, 5.74) is 3.02. The summed E-state index contributed by atoms with van der Waals surface area (Å²) in [5, 5.41) is 14.1. The summed E-state index contributed by atoms with van der Waals surface area (Å²) in [5.74, 6) is -3.66. The molecule has 3 atom stereocenters. The van der Waals surface area contributed by atoms with Gasteiger partial charge in [-0.1, -0.05) is 36.4 Å². The third-order valence-electron chi connectivity index (χ3n) is 7.77. The molecule has 1 spiro atoms. The van der Waals surface area contributed by atoms with E-state index in [1.54, 1.807) is 6.08 Å². The lowest BCUT2D eigenvalue weighted by atomic mass is 9.91. The standard InChI is InChI=1S/C33H33F3N2O9/c34-33(35,36)19-44-28(41)10-7-20-5-8-21(9-6-20)31(43)45-25-15-24(30(42)38-12-11-27(40)37-13-14-39)16-26-29(25)47-32(46-26)17-22-3-1-2-4-23(22)18-32/h1-10,16,25-26,29,39H,11-15,17-19H2,(H,37,40)(H,38,42)/t25-,26-,29+/m1/s1. The molecule has 1 aliphatic heterocycles. The van der Waals surface area contributed by atoms with Crippen molar-refractivity contribution < 1.29 is 56.4 Å². The lowest BCUT2D eigenvalue weighted by Gasteiger charge is -2.30. The zero-order chi connectivity index (χ0) is 33.6. The van der Waals surface area contributed by atoms with Crippen LogP contribution in [0.4, 0.5) is 13.2 Å². The number of esters is 2. The zero-order valence-electron chi connectivity index (χ0n) is 25.1. The number of nitrogens with one attached hydrogen (secondary N) is 2. The van der Waals surface area contributed by atoms with Crippen molar-refractivity contribution in [3.8, 4) is 0 Å². The minimum Gasteiger partial charge on any atom is -0.456 e. The first-order valence-electron chi connectivity index (χ1n) is 15.0. The highest BCUT2D eigenvalue weighted by Crippen LogP contribution is 2.45. The van der Waals surface area contributed by atoms with E-state index in [4.69, 9.17) is 19.3 Å². The molecule has 0 radical (unpaired) electrons. The largest absolute Gasteiger partial charge is 0.456 e. The summed E-state index contributed by atoms with van der Waals surface area (Å²) >= 11 is 0. The molecule has 2 aliphatic carbocycles. The number of hydrogen-bond donors (Lipinski definition) is 3. The second-order valence-electron chi connectivity index (χ2n) is 11.3. The third kappa shape index (κ3) is 8.84. The molecule has 0 saturated carbocycles. The van der Waals surface area contributed by atoms with Gasteiger partial charge in [-0.25, -0.2) is 9.59 Å². The van der Waals surface area contributed by atoms with Gasteiger partial charge in [0.1, 0.15) is 18.3 Å². The van der Waals surface area contributed by atoms with E-state index in [1.165, 1.54) is 30.3 Å². The van der Waals surface area contributed by atoms with E-state index >= 15 is 0 Å². The number of amides is 2. The number of hydrogen-bond acceptors (Lipinski definition) is 9. The Hall–Kier alpha value is -4.53. The van der Waals surface area contributed by atoms with Crippen LogP contribution in [0.2, 0.25) is 0 Å². The normalized spacial score (nSPS) is 21.1. The van der Waals surface area contributed by atoms with Gasteiger partial charge >= 0.3 is 18.1 Å². The Labute approximate surface area is 267 Å². The minimum absolute atomic E-state index is 0.00436. The Bertz CT molecular complexity index is 1530. The predicted octanol–water partition coefficient (Wildman–Crippen LogP) is 2.55. The summed E-state index contributed by atoms with van der Waals surface area (Å²) < 4.78 is 59.6. The van der Waals surface area contributed by atoms with Gasteiger partial charge in [-0.05, 0) is 41.0 Å². The van der Waals surface area contributed by atoms with Gasteiger partial charge in [0.25, 0.3) is 0 Å². The fourth-order valence-corrected chi connectivity index (χ4v) is 5.65. The molecule has 2 aromatic rings. The SMILES string of the molecule is O=C(CCNC(=O)C1=C[C@H]2OC3(Cc4ccccc4C3)O[C@H]2[C@H](OC(=O)c2ccc(C=CC(=O)OCC(F)(F)F)cc2)C1)NCCO. The van der Waals surface area contributed by atoms with E-state index in [-0.39, 0.29) is 44.0 Å². The van der Waals surface area contributed by atoms with Crippen LogP contribution in [0, 0.1) is 0 Å². The Morgan fingerprint density at radius 3 is 2.34 bits per heavy atom. The molecule has 11 nitrogen and oxygen atoms in total. The van der Waals surface area contributed by atoms with Gasteiger partial charge < -0.3 is 34.7 Å². The predicted molar refractivity (Wildman–Crippen MR) is 158 cm³/mol. The Balaban J connectivity index is 1.26. The maximum Gasteiger partial charge on any atom is 0.422 e. The smallest absolute Gasteiger partial charge is 0.422 e. The number of benzene rings is 2. The average molecular weight is 659 g/mol. The van der Waals surface area contributed by atoms with Crippen LogP contribution in [0.3, 0.4) is 0 Å². The second-order valence-corrected chi connectivity index (χ2v) is 11.3. The van der Waals surface area contributed by atoms with Gasteiger partial charge in [0.15, 0.2) is 12.4 Å². The molecule has 0 aromatic heterocycles. The highest BCUT2D eigenvalue weighted by atomic mass is 19.4. The van der Waals surface area contributed by atoms with Crippen molar-refractivity contribution in [3.05, 3.63) is 88.5 Å². The number of aliphatic hydroxyl groups is 1. The van der Waals surface area contributed by atoms with Crippen molar-refractivity contribution in [2.75, 3.05) is 26.3 Å². The number of aliphatic hydroxyl groups excluding tert-OH is 1. The molecular weight excluding hydrogens is 625 g/mol. The molecule has 3 aliphatic rings. The van der Waals surface area contributed by atoms with Gasteiger partial charge in [0, 0.05) is 50.4 Å². The quantitative estimate of drug-likeness (QED) is 0.245. The lowest BCUT2D eigenvalue weighted by Crippen LogP contribution is -2.44. The molecule has 250 valence electrons. The number of alkyl halides is 3. The van der Waals surface area contributed by atoms with Crippen LogP contribution < -0.4 is 10.6 Å².